The van der Waals surface area contributed by atoms with E-state index in [4.69, 9.17) is 11.6 Å². The number of pyridine rings is 1. The van der Waals surface area contributed by atoms with Crippen molar-refractivity contribution in [2.45, 2.75) is 6.04 Å². The van der Waals surface area contributed by atoms with E-state index in [2.05, 4.69) is 15.3 Å². The third-order valence-electron chi connectivity index (χ3n) is 3.66. The average Bonchev–Trinajstić information content (AvgIpc) is 2.93. The molecule has 0 spiro atoms. The van der Waals surface area contributed by atoms with Crippen molar-refractivity contribution >= 4 is 42.3 Å². The predicted octanol–water partition coefficient (Wildman–Crippen LogP) is 2.10. The number of hydrogen-bond acceptors (Lipinski definition) is 4. The lowest BCUT2D eigenvalue weighted by atomic mass is 10.1. The van der Waals surface area contributed by atoms with Gasteiger partial charge in [0, 0.05) is 51.5 Å². The van der Waals surface area contributed by atoms with E-state index in [0.717, 1.165) is 12.4 Å². The number of nitrogens with one attached hydrogen (secondary N) is 1. The Labute approximate surface area is 152 Å². The second-order valence-electron chi connectivity index (χ2n) is 4.97. The summed E-state index contributed by atoms with van der Waals surface area (Å²) in [7, 11) is 1.93. The van der Waals surface area contributed by atoms with Gasteiger partial charge in [-0.15, -0.1) is 24.8 Å². The lowest BCUT2D eigenvalue weighted by molar-refractivity contribution is 0.0621. The number of carbonyl (C=O) groups is 1. The van der Waals surface area contributed by atoms with Gasteiger partial charge in [0.25, 0.3) is 5.91 Å². The van der Waals surface area contributed by atoms with E-state index < -0.39 is 0 Å². The van der Waals surface area contributed by atoms with Crippen LogP contribution in [-0.2, 0) is 7.05 Å². The Hall–Kier alpha value is -1.34. The largest absolute Gasteiger partial charge is 0.336 e. The van der Waals surface area contributed by atoms with Crippen molar-refractivity contribution in [2.24, 2.45) is 7.05 Å². The second-order valence-corrected chi connectivity index (χ2v) is 5.38. The SMILES string of the molecule is Cl.Cl.Cn1ccnc1C1CNCCN1C(=O)c1ccncc1Cl. The van der Waals surface area contributed by atoms with E-state index in [-0.39, 0.29) is 36.8 Å². The molecule has 3 rings (SSSR count). The molecule has 1 amide bonds. The van der Waals surface area contributed by atoms with Crippen LogP contribution >= 0.6 is 36.4 Å². The monoisotopic (exact) mass is 377 g/mol. The summed E-state index contributed by atoms with van der Waals surface area (Å²) in [6, 6.07) is 1.55. The van der Waals surface area contributed by atoms with E-state index in [9.17, 15) is 4.79 Å². The minimum atomic E-state index is -0.101. The first-order chi connectivity index (χ1) is 10.2. The fourth-order valence-corrected chi connectivity index (χ4v) is 2.78. The van der Waals surface area contributed by atoms with Gasteiger partial charge in [0.15, 0.2) is 0 Å². The second kappa shape index (κ2) is 8.49. The zero-order valence-electron chi connectivity index (χ0n) is 12.5. The fourth-order valence-electron chi connectivity index (χ4n) is 2.58. The van der Waals surface area contributed by atoms with Crippen LogP contribution in [0.1, 0.15) is 22.2 Å². The molecule has 6 nitrogen and oxygen atoms in total. The summed E-state index contributed by atoms with van der Waals surface area (Å²) in [5.74, 6) is 0.776. The Morgan fingerprint density at radius 1 is 1.39 bits per heavy atom. The molecule has 9 heteroatoms. The molecule has 23 heavy (non-hydrogen) atoms. The van der Waals surface area contributed by atoms with Crippen LogP contribution in [0.3, 0.4) is 0 Å². The Morgan fingerprint density at radius 3 is 2.83 bits per heavy atom. The van der Waals surface area contributed by atoms with Gasteiger partial charge in [-0.1, -0.05) is 11.6 Å². The molecule has 1 N–H and O–H groups in total. The van der Waals surface area contributed by atoms with Crippen LogP contribution in [-0.4, -0.2) is 45.0 Å². The van der Waals surface area contributed by atoms with E-state index in [1.165, 1.54) is 6.20 Å². The maximum Gasteiger partial charge on any atom is 0.256 e. The molecule has 3 heterocycles. The topological polar surface area (TPSA) is 63.1 Å². The van der Waals surface area contributed by atoms with Gasteiger partial charge in [-0.2, -0.15) is 0 Å². The lowest BCUT2D eigenvalue weighted by Crippen LogP contribution is -2.49. The number of aryl methyl sites for hydroxylation is 1. The van der Waals surface area contributed by atoms with Gasteiger partial charge in [0.2, 0.25) is 0 Å². The van der Waals surface area contributed by atoms with Gasteiger partial charge in [-0.05, 0) is 6.07 Å². The van der Waals surface area contributed by atoms with Gasteiger partial charge in [-0.3, -0.25) is 9.78 Å². The Balaban J connectivity index is 0.00000132. The van der Waals surface area contributed by atoms with Crippen LogP contribution in [0.4, 0.5) is 0 Å². The summed E-state index contributed by atoms with van der Waals surface area (Å²) in [5.41, 5.74) is 0.479. The summed E-state index contributed by atoms with van der Waals surface area (Å²) in [6.07, 6.45) is 6.70. The van der Waals surface area contributed by atoms with Crippen LogP contribution in [0.2, 0.25) is 5.02 Å². The smallest absolute Gasteiger partial charge is 0.256 e. The number of halogens is 3. The van der Waals surface area contributed by atoms with Gasteiger partial charge < -0.3 is 14.8 Å². The highest BCUT2D eigenvalue weighted by Crippen LogP contribution is 2.25. The summed E-state index contributed by atoms with van der Waals surface area (Å²) in [5, 5.41) is 3.68. The molecule has 2 aromatic rings. The van der Waals surface area contributed by atoms with Gasteiger partial charge in [0.1, 0.15) is 11.9 Å². The highest BCUT2D eigenvalue weighted by Gasteiger charge is 2.31. The minimum absolute atomic E-state index is 0. The quantitative estimate of drug-likeness (QED) is 0.869. The number of nitrogens with zero attached hydrogens (tertiary/aromatic N) is 4. The number of aromatic nitrogens is 3. The summed E-state index contributed by atoms with van der Waals surface area (Å²) in [4.78, 5) is 22.9. The molecule has 126 valence electrons. The molecule has 0 aliphatic carbocycles. The molecule has 0 radical (unpaired) electrons. The van der Waals surface area contributed by atoms with E-state index in [1.54, 1.807) is 18.5 Å². The lowest BCUT2D eigenvalue weighted by Gasteiger charge is -2.35. The molecule has 1 aliphatic rings. The molecule has 1 unspecified atom stereocenters. The van der Waals surface area contributed by atoms with Gasteiger partial charge in [0.05, 0.1) is 10.6 Å². The maximum absolute atomic E-state index is 12.8. The molecular weight excluding hydrogens is 361 g/mol. The third kappa shape index (κ3) is 3.95. The van der Waals surface area contributed by atoms with Crippen molar-refractivity contribution in [3.05, 3.63) is 47.3 Å². The molecule has 1 atom stereocenters. The number of carbonyl (C=O) groups excluding carboxylic acids is 1. The first kappa shape index (κ1) is 19.7. The van der Waals surface area contributed by atoms with Gasteiger partial charge >= 0.3 is 0 Å². The van der Waals surface area contributed by atoms with Crippen molar-refractivity contribution in [1.82, 2.24) is 24.8 Å². The Bertz CT molecular complexity index is 663. The fraction of sp³-hybridized carbons (Fsp3) is 0.357. The van der Waals surface area contributed by atoms with Crippen molar-refractivity contribution in [1.29, 1.82) is 0 Å². The Kier molecular flexibility index (Phi) is 7.28. The highest BCUT2D eigenvalue weighted by molar-refractivity contribution is 6.33. The zero-order valence-corrected chi connectivity index (χ0v) is 14.9. The minimum Gasteiger partial charge on any atom is -0.336 e. The van der Waals surface area contributed by atoms with Crippen molar-refractivity contribution in [2.75, 3.05) is 19.6 Å². The third-order valence-corrected chi connectivity index (χ3v) is 3.96. The highest BCUT2D eigenvalue weighted by atomic mass is 35.5. The van der Waals surface area contributed by atoms with Crippen LogP contribution in [0.25, 0.3) is 0 Å². The van der Waals surface area contributed by atoms with Crippen LogP contribution in [0.15, 0.2) is 30.9 Å². The predicted molar refractivity (Wildman–Crippen MR) is 93.6 cm³/mol. The first-order valence-electron chi connectivity index (χ1n) is 6.77. The molecular formula is C14H18Cl3N5O. The molecule has 0 saturated carbocycles. The number of amides is 1. The zero-order chi connectivity index (χ0) is 14.8. The van der Waals surface area contributed by atoms with Crippen LogP contribution in [0.5, 0.6) is 0 Å². The molecule has 2 aromatic heterocycles. The number of rotatable bonds is 2. The summed E-state index contributed by atoms with van der Waals surface area (Å²) < 4.78 is 1.94. The van der Waals surface area contributed by atoms with E-state index >= 15 is 0 Å². The van der Waals surface area contributed by atoms with Crippen LogP contribution < -0.4 is 5.32 Å². The normalized spacial score (nSPS) is 17.1. The summed E-state index contributed by atoms with van der Waals surface area (Å²) >= 11 is 6.10. The average molecular weight is 379 g/mol. The first-order valence-corrected chi connectivity index (χ1v) is 7.14. The molecule has 1 fully saturated rings. The summed E-state index contributed by atoms with van der Waals surface area (Å²) in [6.45, 7) is 2.06. The maximum atomic E-state index is 12.8. The molecule has 0 bridgehead atoms. The van der Waals surface area contributed by atoms with E-state index in [0.29, 0.717) is 23.7 Å². The standard InChI is InChI=1S/C14H16ClN5O.2ClH/c1-19-6-5-18-13(19)12-9-17-4-7-20(12)14(21)10-2-3-16-8-11(10)15;;/h2-3,5-6,8,12,17H,4,7,9H2,1H3;2*1H. The molecule has 1 aliphatic heterocycles. The Morgan fingerprint density at radius 2 is 2.17 bits per heavy atom. The van der Waals surface area contributed by atoms with Crippen molar-refractivity contribution in [3.8, 4) is 0 Å². The number of piperazine rings is 1. The number of imidazole rings is 1. The number of hydrogen-bond donors (Lipinski definition) is 1. The van der Waals surface area contributed by atoms with Crippen molar-refractivity contribution in [3.63, 3.8) is 0 Å². The van der Waals surface area contributed by atoms with Gasteiger partial charge in [-0.25, -0.2) is 4.98 Å². The van der Waals surface area contributed by atoms with Crippen LogP contribution in [0, 0.1) is 0 Å². The van der Waals surface area contributed by atoms with E-state index in [1.807, 2.05) is 22.7 Å². The van der Waals surface area contributed by atoms with Crippen molar-refractivity contribution < 1.29 is 4.79 Å². The molecule has 0 aromatic carbocycles. The molecule has 1 saturated heterocycles.